The van der Waals surface area contributed by atoms with Gasteiger partial charge in [0.2, 0.25) is 0 Å². The molecule has 9 heteroatoms. The molecule has 1 aliphatic rings. The lowest BCUT2D eigenvalue weighted by Crippen LogP contribution is -2.35. The van der Waals surface area contributed by atoms with Crippen molar-refractivity contribution in [2.45, 2.75) is 29.0 Å². The van der Waals surface area contributed by atoms with Gasteiger partial charge in [-0.15, -0.1) is 23.4 Å². The number of anilines is 2. The zero-order valence-electron chi connectivity index (χ0n) is 18.3. The lowest BCUT2D eigenvalue weighted by molar-refractivity contribution is 0.315. The second-order valence-corrected chi connectivity index (χ2v) is 10.9. The van der Waals surface area contributed by atoms with Crippen LogP contribution in [0.25, 0.3) is 0 Å². The van der Waals surface area contributed by atoms with Crippen LogP contribution in [-0.4, -0.2) is 38.9 Å². The molecule has 1 N–H and O–H groups in total. The van der Waals surface area contributed by atoms with Crippen molar-refractivity contribution >= 4 is 44.9 Å². The van der Waals surface area contributed by atoms with E-state index in [2.05, 4.69) is 10.3 Å². The van der Waals surface area contributed by atoms with Crippen molar-refractivity contribution in [2.24, 2.45) is 0 Å². The van der Waals surface area contributed by atoms with Crippen molar-refractivity contribution in [3.63, 3.8) is 0 Å². The minimum absolute atomic E-state index is 0.294. The van der Waals surface area contributed by atoms with Crippen molar-refractivity contribution in [2.75, 3.05) is 35.1 Å². The molecule has 1 aromatic heterocycles. The van der Waals surface area contributed by atoms with Gasteiger partial charge < -0.3 is 10.1 Å². The highest BCUT2D eigenvalue weighted by Gasteiger charge is 2.29. The minimum Gasteiger partial charge on any atom is -0.493 e. The van der Waals surface area contributed by atoms with Gasteiger partial charge in [-0.1, -0.05) is 18.2 Å². The summed E-state index contributed by atoms with van der Waals surface area (Å²) in [6, 6.07) is 18.1. The van der Waals surface area contributed by atoms with Crippen molar-refractivity contribution in [1.82, 2.24) is 4.98 Å². The van der Waals surface area contributed by atoms with Gasteiger partial charge >= 0.3 is 0 Å². The summed E-state index contributed by atoms with van der Waals surface area (Å²) in [6.45, 7) is 3.57. The van der Waals surface area contributed by atoms with Gasteiger partial charge in [0.1, 0.15) is 11.6 Å². The van der Waals surface area contributed by atoms with Gasteiger partial charge in [0.15, 0.2) is 0 Å². The smallest absolute Gasteiger partial charge is 0.264 e. The van der Waals surface area contributed by atoms with Crippen LogP contribution in [0.4, 0.5) is 11.5 Å². The quantitative estimate of drug-likeness (QED) is 0.315. The Morgan fingerprint density at radius 2 is 1.97 bits per heavy atom. The number of ether oxygens (including phenoxy) is 1. The Labute approximate surface area is 204 Å². The molecule has 0 amide bonds. The first-order valence-electron chi connectivity index (χ1n) is 10.7. The molecule has 0 bridgehead atoms. The predicted molar refractivity (Wildman–Crippen MR) is 135 cm³/mol. The van der Waals surface area contributed by atoms with Crippen molar-refractivity contribution in [3.8, 4) is 5.75 Å². The molecule has 0 atom stereocenters. The zero-order valence-corrected chi connectivity index (χ0v) is 20.7. The zero-order chi connectivity index (χ0) is 23.3. The molecule has 2 aromatic carbocycles. The fourth-order valence-corrected chi connectivity index (χ4v) is 6.42. The summed E-state index contributed by atoms with van der Waals surface area (Å²) in [7, 11) is -3.62. The summed E-state index contributed by atoms with van der Waals surface area (Å²) >= 11 is 7.59. The molecule has 1 aliphatic heterocycles. The molecular formula is C24H26ClN3O3S2. The number of nitrogens with zero attached hydrogens (tertiary/aromatic N) is 2. The maximum Gasteiger partial charge on any atom is 0.264 e. The molecule has 0 fully saturated rings. The Morgan fingerprint density at radius 1 is 1.15 bits per heavy atom. The van der Waals surface area contributed by atoms with Gasteiger partial charge in [-0.05, 0) is 55.3 Å². The Hall–Kier alpha value is -2.42. The fraction of sp³-hybridized carbons (Fsp3) is 0.292. The number of alkyl halides is 1. The second kappa shape index (κ2) is 10.7. The van der Waals surface area contributed by atoms with E-state index in [0.717, 1.165) is 28.4 Å². The fourth-order valence-electron chi connectivity index (χ4n) is 3.62. The number of hydrogen-bond donors (Lipinski definition) is 1. The van der Waals surface area contributed by atoms with Gasteiger partial charge in [0.05, 0.1) is 17.2 Å². The Kier molecular flexibility index (Phi) is 7.67. The highest BCUT2D eigenvalue weighted by Crippen LogP contribution is 2.39. The Balaban J connectivity index is 1.39. The molecule has 174 valence electrons. The van der Waals surface area contributed by atoms with E-state index in [1.165, 1.54) is 4.31 Å². The molecule has 0 spiro atoms. The van der Waals surface area contributed by atoms with E-state index in [1.807, 2.05) is 43.3 Å². The van der Waals surface area contributed by atoms with Crippen LogP contribution in [0.3, 0.4) is 0 Å². The first-order valence-corrected chi connectivity index (χ1v) is 13.7. The van der Waals surface area contributed by atoms with Gasteiger partial charge in [-0.25, -0.2) is 13.4 Å². The normalized spacial score (nSPS) is 13.5. The minimum atomic E-state index is -3.62. The van der Waals surface area contributed by atoms with Crippen LogP contribution in [0, 0.1) is 6.92 Å². The average molecular weight is 504 g/mol. The monoisotopic (exact) mass is 503 g/mol. The van der Waals surface area contributed by atoms with E-state index in [-0.39, 0.29) is 0 Å². The van der Waals surface area contributed by atoms with E-state index < -0.39 is 10.0 Å². The van der Waals surface area contributed by atoms with Crippen LogP contribution in [-0.2, 0) is 15.9 Å². The predicted octanol–water partition coefficient (Wildman–Crippen LogP) is 5.31. The first-order chi connectivity index (χ1) is 16.0. The molecule has 0 aliphatic carbocycles. The van der Waals surface area contributed by atoms with Gasteiger partial charge in [0.25, 0.3) is 10.0 Å². The number of aryl methyl sites for hydroxylation is 1. The number of rotatable bonds is 9. The van der Waals surface area contributed by atoms with Gasteiger partial charge in [-0.3, -0.25) is 4.31 Å². The number of fused-ring (bicyclic) bond motifs is 1. The van der Waals surface area contributed by atoms with Gasteiger partial charge in [-0.2, -0.15) is 0 Å². The SMILES string of the molecule is Cc1cc(CCl)cc(NCCCOc2ccc3c(c2)N(S(=O)(=O)c2ccccc2)CCS3)n1. The van der Waals surface area contributed by atoms with E-state index in [0.29, 0.717) is 47.7 Å². The molecule has 3 aromatic rings. The number of aromatic nitrogens is 1. The van der Waals surface area contributed by atoms with E-state index in [4.69, 9.17) is 16.3 Å². The number of hydrogen-bond acceptors (Lipinski definition) is 6. The molecule has 4 rings (SSSR count). The third-order valence-corrected chi connectivity index (χ3v) is 8.32. The molecule has 0 saturated carbocycles. The maximum atomic E-state index is 13.2. The van der Waals surface area contributed by atoms with Crippen LogP contribution in [0.5, 0.6) is 5.75 Å². The summed E-state index contributed by atoms with van der Waals surface area (Å²) < 4.78 is 33.9. The largest absolute Gasteiger partial charge is 0.493 e. The standard InChI is InChI=1S/C24H26ClN3O3S2/c1-18-14-19(17-25)15-24(27-18)26-10-5-12-31-20-8-9-23-22(16-20)28(11-13-32-23)33(29,30)21-6-3-2-4-7-21/h2-4,6-9,14-16H,5,10-13,17H2,1H3,(H,26,27). The molecule has 33 heavy (non-hydrogen) atoms. The number of pyridine rings is 1. The van der Waals surface area contributed by atoms with E-state index >= 15 is 0 Å². The lowest BCUT2D eigenvalue weighted by atomic mass is 10.2. The Morgan fingerprint density at radius 3 is 2.76 bits per heavy atom. The molecule has 2 heterocycles. The number of nitrogens with one attached hydrogen (secondary N) is 1. The van der Waals surface area contributed by atoms with Crippen LogP contribution >= 0.6 is 23.4 Å². The molecule has 0 unspecified atom stereocenters. The highest BCUT2D eigenvalue weighted by molar-refractivity contribution is 8.00. The molecule has 0 radical (unpaired) electrons. The number of halogens is 1. The summed E-state index contributed by atoms with van der Waals surface area (Å²) in [5.74, 6) is 2.62. The van der Waals surface area contributed by atoms with E-state index in [1.54, 1.807) is 36.0 Å². The highest BCUT2D eigenvalue weighted by atomic mass is 35.5. The number of thioether (sulfide) groups is 1. The summed E-state index contributed by atoms with van der Waals surface area (Å²) in [5.41, 5.74) is 2.63. The van der Waals surface area contributed by atoms with Gasteiger partial charge in [0, 0.05) is 41.4 Å². The number of sulfonamides is 1. The summed E-state index contributed by atoms with van der Waals surface area (Å²) in [5, 5.41) is 3.30. The molecule has 6 nitrogen and oxygen atoms in total. The van der Waals surface area contributed by atoms with E-state index in [9.17, 15) is 8.42 Å². The van der Waals surface area contributed by atoms with Crippen molar-refractivity contribution in [1.29, 1.82) is 0 Å². The molecular weight excluding hydrogens is 478 g/mol. The third-order valence-electron chi connectivity index (χ3n) is 5.15. The van der Waals surface area contributed by atoms with Crippen LogP contribution < -0.4 is 14.4 Å². The lowest BCUT2D eigenvalue weighted by Gasteiger charge is -2.30. The van der Waals surface area contributed by atoms with Crippen molar-refractivity contribution in [3.05, 3.63) is 71.9 Å². The third kappa shape index (κ3) is 5.75. The summed E-state index contributed by atoms with van der Waals surface area (Å²) in [6.07, 6.45) is 0.768. The maximum absolute atomic E-state index is 13.2. The first kappa shape index (κ1) is 23.7. The van der Waals surface area contributed by atoms with Crippen LogP contribution in [0.1, 0.15) is 17.7 Å². The van der Waals surface area contributed by atoms with Crippen LogP contribution in [0.2, 0.25) is 0 Å². The van der Waals surface area contributed by atoms with Crippen LogP contribution in [0.15, 0.2) is 70.5 Å². The topological polar surface area (TPSA) is 71.5 Å². The summed E-state index contributed by atoms with van der Waals surface area (Å²) in [4.78, 5) is 5.70. The molecule has 0 saturated heterocycles. The average Bonchev–Trinajstić information content (AvgIpc) is 2.83. The van der Waals surface area contributed by atoms with Crippen molar-refractivity contribution < 1.29 is 13.2 Å². The number of benzene rings is 2. The Bertz CT molecular complexity index is 1210. The second-order valence-electron chi connectivity index (χ2n) is 7.63.